The Hall–Kier alpha value is -1.24. The Labute approximate surface area is 85.1 Å². The highest BCUT2D eigenvalue weighted by molar-refractivity contribution is 5.72. The highest BCUT2D eigenvalue weighted by atomic mass is 16.3. The van der Waals surface area contributed by atoms with Gasteiger partial charge in [0.15, 0.2) is 0 Å². The average molecular weight is 188 g/mol. The maximum atomic E-state index is 5.07. The van der Waals surface area contributed by atoms with Crippen LogP contribution in [0.15, 0.2) is 41.2 Å². The summed E-state index contributed by atoms with van der Waals surface area (Å²) in [5.41, 5.74) is 2.71. The zero-order valence-electron chi connectivity index (χ0n) is 8.73. The van der Waals surface area contributed by atoms with E-state index in [1.165, 1.54) is 17.6 Å². The monoisotopic (exact) mass is 188 g/mol. The van der Waals surface area contributed by atoms with E-state index in [0.717, 1.165) is 11.8 Å². The van der Waals surface area contributed by atoms with Crippen LogP contribution in [0.2, 0.25) is 0 Å². The van der Waals surface area contributed by atoms with E-state index in [9.17, 15) is 0 Å². The molecule has 14 heavy (non-hydrogen) atoms. The fourth-order valence-corrected chi connectivity index (χ4v) is 1.95. The van der Waals surface area contributed by atoms with Gasteiger partial charge in [-0.1, -0.05) is 32.1 Å². The molecule has 0 bridgehead atoms. The van der Waals surface area contributed by atoms with Crippen LogP contribution in [0.25, 0.3) is 5.57 Å². The summed E-state index contributed by atoms with van der Waals surface area (Å²) in [6.07, 6.45) is 11.6. The maximum absolute atomic E-state index is 5.07. The first kappa shape index (κ1) is 9.32. The van der Waals surface area contributed by atoms with E-state index in [-0.39, 0.29) is 0 Å². The number of hydrogen-bond donors (Lipinski definition) is 0. The SMILES string of the molecule is C1=CC2CC2C(c2ccoc2)=C1.CC. The van der Waals surface area contributed by atoms with Crippen molar-refractivity contribution in [3.8, 4) is 0 Å². The van der Waals surface area contributed by atoms with Crippen molar-refractivity contribution in [3.63, 3.8) is 0 Å². The van der Waals surface area contributed by atoms with Gasteiger partial charge in [0, 0.05) is 5.56 Å². The van der Waals surface area contributed by atoms with Crippen molar-refractivity contribution in [1.82, 2.24) is 0 Å². The predicted molar refractivity (Wildman–Crippen MR) is 58.8 cm³/mol. The number of fused-ring (bicyclic) bond motifs is 1. The van der Waals surface area contributed by atoms with Crippen LogP contribution >= 0.6 is 0 Å². The number of rotatable bonds is 1. The van der Waals surface area contributed by atoms with Gasteiger partial charge in [-0.05, 0) is 29.9 Å². The van der Waals surface area contributed by atoms with Gasteiger partial charge in [0.1, 0.15) is 0 Å². The fraction of sp³-hybridized carbons (Fsp3) is 0.385. The molecule has 2 aliphatic rings. The Morgan fingerprint density at radius 1 is 1.36 bits per heavy atom. The molecule has 0 amide bonds. The second kappa shape index (κ2) is 3.87. The molecule has 0 aliphatic heterocycles. The van der Waals surface area contributed by atoms with Gasteiger partial charge in [0.05, 0.1) is 12.5 Å². The molecule has 0 spiro atoms. The normalized spacial score (nSPS) is 27.1. The third kappa shape index (κ3) is 1.54. The summed E-state index contributed by atoms with van der Waals surface area (Å²) in [6.45, 7) is 4.00. The molecule has 1 aromatic rings. The van der Waals surface area contributed by atoms with Crippen molar-refractivity contribution in [1.29, 1.82) is 0 Å². The first-order valence-electron chi connectivity index (χ1n) is 5.36. The molecule has 1 nitrogen and oxygen atoms in total. The van der Waals surface area contributed by atoms with Crippen molar-refractivity contribution in [2.24, 2.45) is 11.8 Å². The quantitative estimate of drug-likeness (QED) is 0.651. The third-order valence-electron chi connectivity index (χ3n) is 2.73. The van der Waals surface area contributed by atoms with Crippen LogP contribution in [-0.4, -0.2) is 0 Å². The van der Waals surface area contributed by atoms with E-state index in [1.807, 2.05) is 26.2 Å². The van der Waals surface area contributed by atoms with Crippen molar-refractivity contribution < 1.29 is 4.42 Å². The molecule has 1 fully saturated rings. The molecular formula is C13H16O. The first-order chi connectivity index (χ1) is 6.95. The molecule has 0 N–H and O–H groups in total. The van der Waals surface area contributed by atoms with Gasteiger partial charge >= 0.3 is 0 Å². The van der Waals surface area contributed by atoms with Gasteiger partial charge in [-0.25, -0.2) is 0 Å². The number of hydrogen-bond acceptors (Lipinski definition) is 1. The lowest BCUT2D eigenvalue weighted by Gasteiger charge is -2.04. The molecular weight excluding hydrogens is 172 g/mol. The second-order valence-corrected chi connectivity index (χ2v) is 3.52. The van der Waals surface area contributed by atoms with Gasteiger partial charge < -0.3 is 4.42 Å². The minimum atomic E-state index is 0.785. The van der Waals surface area contributed by atoms with Crippen LogP contribution in [-0.2, 0) is 0 Å². The van der Waals surface area contributed by atoms with E-state index >= 15 is 0 Å². The first-order valence-corrected chi connectivity index (χ1v) is 5.36. The van der Waals surface area contributed by atoms with E-state index in [2.05, 4.69) is 18.2 Å². The van der Waals surface area contributed by atoms with E-state index in [1.54, 1.807) is 6.26 Å². The summed E-state index contributed by atoms with van der Waals surface area (Å²) in [7, 11) is 0. The van der Waals surface area contributed by atoms with Crippen LogP contribution in [0.1, 0.15) is 25.8 Å². The highest BCUT2D eigenvalue weighted by Crippen LogP contribution is 2.50. The molecule has 0 saturated heterocycles. The molecule has 1 saturated carbocycles. The smallest absolute Gasteiger partial charge is 0.0977 e. The van der Waals surface area contributed by atoms with Gasteiger partial charge in [-0.15, -0.1) is 0 Å². The lowest BCUT2D eigenvalue weighted by molar-refractivity contribution is 0.566. The molecule has 74 valence electrons. The van der Waals surface area contributed by atoms with Crippen molar-refractivity contribution >= 4 is 5.57 Å². The Kier molecular flexibility index (Phi) is 2.58. The lowest BCUT2D eigenvalue weighted by Crippen LogP contribution is -1.89. The van der Waals surface area contributed by atoms with Crippen LogP contribution in [0, 0.1) is 11.8 Å². The number of furan rings is 1. The molecule has 1 heteroatoms. The van der Waals surface area contributed by atoms with E-state index in [0.29, 0.717) is 0 Å². The van der Waals surface area contributed by atoms with Crippen molar-refractivity contribution in [2.75, 3.05) is 0 Å². The highest BCUT2D eigenvalue weighted by Gasteiger charge is 2.39. The molecule has 2 aliphatic carbocycles. The maximum Gasteiger partial charge on any atom is 0.0977 e. The van der Waals surface area contributed by atoms with Gasteiger partial charge in [0.25, 0.3) is 0 Å². The van der Waals surface area contributed by atoms with Crippen LogP contribution in [0.5, 0.6) is 0 Å². The molecule has 2 atom stereocenters. The minimum absolute atomic E-state index is 0.785. The summed E-state index contributed by atoms with van der Waals surface area (Å²) in [6, 6.07) is 2.04. The molecule has 1 heterocycles. The fourth-order valence-electron chi connectivity index (χ4n) is 1.95. The second-order valence-electron chi connectivity index (χ2n) is 3.52. The summed E-state index contributed by atoms with van der Waals surface area (Å²) in [5.74, 6) is 1.60. The van der Waals surface area contributed by atoms with Crippen molar-refractivity contribution in [3.05, 3.63) is 42.4 Å². The van der Waals surface area contributed by atoms with Gasteiger partial charge in [0.2, 0.25) is 0 Å². The van der Waals surface area contributed by atoms with Crippen LogP contribution < -0.4 is 0 Å². The van der Waals surface area contributed by atoms with E-state index in [4.69, 9.17) is 4.42 Å². The van der Waals surface area contributed by atoms with Crippen molar-refractivity contribution in [2.45, 2.75) is 20.3 Å². The summed E-state index contributed by atoms with van der Waals surface area (Å²) < 4.78 is 5.07. The largest absolute Gasteiger partial charge is 0.472 e. The van der Waals surface area contributed by atoms with E-state index < -0.39 is 0 Å². The van der Waals surface area contributed by atoms with Crippen LogP contribution in [0.3, 0.4) is 0 Å². The molecule has 3 rings (SSSR count). The Morgan fingerprint density at radius 2 is 2.21 bits per heavy atom. The molecule has 1 aromatic heterocycles. The minimum Gasteiger partial charge on any atom is -0.472 e. The summed E-state index contributed by atoms with van der Waals surface area (Å²) in [5, 5.41) is 0. The molecule has 0 radical (unpaired) electrons. The molecule has 0 aromatic carbocycles. The molecule has 2 unspecified atom stereocenters. The standard InChI is InChI=1S/C11H10O.C2H6/c1-2-8-6-11(8)10(3-1)9-4-5-12-7-9;1-2/h1-5,7-8,11H,6H2;1-2H3. The van der Waals surface area contributed by atoms with Gasteiger partial charge in [-0.3, -0.25) is 0 Å². The zero-order valence-corrected chi connectivity index (χ0v) is 8.73. The van der Waals surface area contributed by atoms with Crippen LogP contribution in [0.4, 0.5) is 0 Å². The Bertz CT molecular complexity index is 343. The third-order valence-corrected chi connectivity index (χ3v) is 2.73. The topological polar surface area (TPSA) is 13.1 Å². The van der Waals surface area contributed by atoms with Gasteiger partial charge in [-0.2, -0.15) is 0 Å². The average Bonchev–Trinajstić information content (AvgIpc) is 2.85. The summed E-state index contributed by atoms with van der Waals surface area (Å²) in [4.78, 5) is 0. The Balaban J connectivity index is 0.000000354. The Morgan fingerprint density at radius 3 is 2.93 bits per heavy atom. The summed E-state index contributed by atoms with van der Waals surface area (Å²) >= 11 is 0. The zero-order chi connectivity index (χ0) is 9.97. The number of allylic oxidation sites excluding steroid dienone is 4. The predicted octanol–water partition coefficient (Wildman–Crippen LogP) is 3.90. The lowest BCUT2D eigenvalue weighted by atomic mass is 9.99.